The third kappa shape index (κ3) is 3.46. The maximum atomic E-state index is 12.2. The normalized spacial score (nSPS) is 11.3. The van der Waals surface area contributed by atoms with Crippen molar-refractivity contribution in [1.29, 1.82) is 0 Å². The Kier molecular flexibility index (Phi) is 4.63. The van der Waals surface area contributed by atoms with Gasteiger partial charge in [-0.25, -0.2) is 8.42 Å². The second-order valence-electron chi connectivity index (χ2n) is 3.92. The standard InChI is InChI=1S/C12H9Br2ClN2O2S/c13-9-3-1-7(5-11(9)15)17-20(18,19)8-2-4-10(14)12(16)6-8/h1-6,17H,16H2. The maximum Gasteiger partial charge on any atom is 0.261 e. The highest BCUT2D eigenvalue weighted by molar-refractivity contribution is 9.11. The van der Waals surface area contributed by atoms with Gasteiger partial charge in [0.2, 0.25) is 0 Å². The molecule has 2 aromatic carbocycles. The Morgan fingerprint density at radius 1 is 1.05 bits per heavy atom. The molecule has 8 heteroatoms. The lowest BCUT2D eigenvalue weighted by atomic mass is 10.3. The molecule has 0 bridgehead atoms. The number of halogens is 3. The molecule has 4 nitrogen and oxygen atoms in total. The SMILES string of the molecule is Nc1cc(S(=O)(=O)Nc2ccc(Br)c(Cl)c2)ccc1Br. The summed E-state index contributed by atoms with van der Waals surface area (Å²) in [5.41, 5.74) is 6.41. The Balaban J connectivity index is 2.35. The van der Waals surface area contributed by atoms with Crippen LogP contribution >= 0.6 is 43.5 Å². The van der Waals surface area contributed by atoms with Gasteiger partial charge in [0.05, 0.1) is 15.6 Å². The van der Waals surface area contributed by atoms with Gasteiger partial charge in [0.15, 0.2) is 0 Å². The summed E-state index contributed by atoms with van der Waals surface area (Å²) in [7, 11) is -3.71. The number of benzene rings is 2. The first kappa shape index (κ1) is 15.6. The summed E-state index contributed by atoms with van der Waals surface area (Å²) < 4.78 is 28.2. The number of hydrogen-bond donors (Lipinski definition) is 2. The number of rotatable bonds is 3. The molecule has 3 N–H and O–H groups in total. The number of nitrogens with one attached hydrogen (secondary N) is 1. The summed E-state index contributed by atoms with van der Waals surface area (Å²) in [6.07, 6.45) is 0. The highest BCUT2D eigenvalue weighted by atomic mass is 79.9. The Morgan fingerprint density at radius 3 is 2.30 bits per heavy atom. The topological polar surface area (TPSA) is 72.2 Å². The molecule has 0 atom stereocenters. The van der Waals surface area contributed by atoms with E-state index in [1.165, 1.54) is 18.2 Å². The van der Waals surface area contributed by atoms with Crippen LogP contribution in [-0.2, 0) is 10.0 Å². The van der Waals surface area contributed by atoms with Crippen LogP contribution in [0.1, 0.15) is 0 Å². The molecule has 2 rings (SSSR count). The number of nitrogen functional groups attached to an aromatic ring is 1. The molecule has 0 radical (unpaired) electrons. The van der Waals surface area contributed by atoms with E-state index in [1.54, 1.807) is 18.2 Å². The molecule has 0 saturated heterocycles. The van der Waals surface area contributed by atoms with E-state index in [4.69, 9.17) is 17.3 Å². The van der Waals surface area contributed by atoms with Gasteiger partial charge in [-0.3, -0.25) is 4.72 Å². The van der Waals surface area contributed by atoms with Crippen molar-refractivity contribution in [1.82, 2.24) is 0 Å². The van der Waals surface area contributed by atoms with Crippen molar-refractivity contribution in [3.05, 3.63) is 50.4 Å². The van der Waals surface area contributed by atoms with Crippen molar-refractivity contribution in [3.63, 3.8) is 0 Å². The van der Waals surface area contributed by atoms with Gasteiger partial charge in [-0.2, -0.15) is 0 Å². The van der Waals surface area contributed by atoms with E-state index < -0.39 is 10.0 Å². The number of sulfonamides is 1. The van der Waals surface area contributed by atoms with Gasteiger partial charge < -0.3 is 5.73 Å². The molecule has 20 heavy (non-hydrogen) atoms. The Bertz CT molecular complexity index is 766. The zero-order chi connectivity index (χ0) is 14.9. The fourth-order valence-corrected chi connectivity index (χ4v) is 3.22. The molecule has 0 heterocycles. The van der Waals surface area contributed by atoms with E-state index >= 15 is 0 Å². The molecule has 0 fully saturated rings. The van der Waals surface area contributed by atoms with Crippen molar-refractivity contribution in [2.45, 2.75) is 4.90 Å². The average Bonchev–Trinajstić information content (AvgIpc) is 2.37. The molecule has 2 aromatic rings. The summed E-state index contributed by atoms with van der Waals surface area (Å²) >= 11 is 12.4. The van der Waals surface area contributed by atoms with E-state index in [-0.39, 0.29) is 4.90 Å². The molecule has 0 aliphatic carbocycles. The second kappa shape index (κ2) is 5.93. The lowest BCUT2D eigenvalue weighted by Gasteiger charge is -2.10. The zero-order valence-corrected chi connectivity index (χ0v) is 14.6. The van der Waals surface area contributed by atoms with Crippen LogP contribution < -0.4 is 10.5 Å². The summed E-state index contributed by atoms with van der Waals surface area (Å²) in [4.78, 5) is 0.0808. The first-order valence-electron chi connectivity index (χ1n) is 5.32. The summed E-state index contributed by atoms with van der Waals surface area (Å²) in [6, 6.07) is 9.21. The summed E-state index contributed by atoms with van der Waals surface area (Å²) in [5.74, 6) is 0. The van der Waals surface area contributed by atoms with E-state index in [0.29, 0.717) is 25.3 Å². The molecule has 0 saturated carbocycles. The van der Waals surface area contributed by atoms with Gasteiger partial charge in [0.25, 0.3) is 10.0 Å². The highest BCUT2D eigenvalue weighted by Crippen LogP contribution is 2.28. The van der Waals surface area contributed by atoms with Crippen LogP contribution in [0.25, 0.3) is 0 Å². The van der Waals surface area contributed by atoms with Crippen molar-refractivity contribution in [3.8, 4) is 0 Å². The monoisotopic (exact) mass is 438 g/mol. The first-order valence-corrected chi connectivity index (χ1v) is 8.77. The predicted octanol–water partition coefficient (Wildman–Crippen LogP) is 4.25. The van der Waals surface area contributed by atoms with E-state index in [1.807, 2.05) is 0 Å². The van der Waals surface area contributed by atoms with Crippen molar-refractivity contribution in [2.75, 3.05) is 10.5 Å². The molecule has 0 aromatic heterocycles. The fraction of sp³-hybridized carbons (Fsp3) is 0. The van der Waals surface area contributed by atoms with Crippen LogP contribution in [0.2, 0.25) is 5.02 Å². The third-order valence-corrected chi connectivity index (χ3v) is 5.78. The quantitative estimate of drug-likeness (QED) is 0.701. The predicted molar refractivity (Wildman–Crippen MR) is 88.5 cm³/mol. The molecular weight excluding hydrogens is 431 g/mol. The largest absolute Gasteiger partial charge is 0.398 e. The number of nitrogens with two attached hydrogens (primary N) is 1. The Morgan fingerprint density at radius 2 is 1.70 bits per heavy atom. The minimum atomic E-state index is -3.71. The Labute approximate surface area is 138 Å². The minimum Gasteiger partial charge on any atom is -0.398 e. The van der Waals surface area contributed by atoms with Crippen LogP contribution in [0.5, 0.6) is 0 Å². The zero-order valence-electron chi connectivity index (χ0n) is 9.90. The van der Waals surface area contributed by atoms with Crippen LogP contribution in [0, 0.1) is 0 Å². The Hall–Kier alpha value is -0.760. The molecule has 0 unspecified atom stereocenters. The fourth-order valence-electron chi connectivity index (χ4n) is 1.46. The van der Waals surface area contributed by atoms with Gasteiger partial charge in [-0.05, 0) is 68.3 Å². The molecular formula is C12H9Br2ClN2O2S. The maximum absolute atomic E-state index is 12.2. The highest BCUT2D eigenvalue weighted by Gasteiger charge is 2.15. The molecule has 0 amide bonds. The molecule has 0 aliphatic rings. The molecule has 0 spiro atoms. The molecule has 106 valence electrons. The first-order chi connectivity index (χ1) is 9.29. The second-order valence-corrected chi connectivity index (χ2v) is 7.72. The van der Waals surface area contributed by atoms with E-state index in [2.05, 4.69) is 36.6 Å². The molecule has 0 aliphatic heterocycles. The lowest BCUT2D eigenvalue weighted by molar-refractivity contribution is 0.601. The third-order valence-electron chi connectivity index (χ3n) is 2.45. The van der Waals surface area contributed by atoms with Crippen LogP contribution in [0.3, 0.4) is 0 Å². The van der Waals surface area contributed by atoms with Crippen LogP contribution in [-0.4, -0.2) is 8.42 Å². The number of hydrogen-bond acceptors (Lipinski definition) is 3. The van der Waals surface area contributed by atoms with Gasteiger partial charge in [-0.1, -0.05) is 11.6 Å². The summed E-state index contributed by atoms with van der Waals surface area (Å²) in [5, 5.41) is 0.417. The smallest absolute Gasteiger partial charge is 0.261 e. The summed E-state index contributed by atoms with van der Waals surface area (Å²) in [6.45, 7) is 0. The lowest BCUT2D eigenvalue weighted by Crippen LogP contribution is -2.13. The van der Waals surface area contributed by atoms with Crippen LogP contribution in [0.4, 0.5) is 11.4 Å². The van der Waals surface area contributed by atoms with Crippen molar-refractivity contribution >= 4 is 64.9 Å². The van der Waals surface area contributed by atoms with Crippen molar-refractivity contribution in [2.24, 2.45) is 0 Å². The van der Waals surface area contributed by atoms with Gasteiger partial charge in [0, 0.05) is 14.6 Å². The van der Waals surface area contributed by atoms with Gasteiger partial charge in [0.1, 0.15) is 0 Å². The van der Waals surface area contributed by atoms with E-state index in [9.17, 15) is 8.42 Å². The minimum absolute atomic E-state index is 0.0808. The van der Waals surface area contributed by atoms with Crippen LogP contribution in [0.15, 0.2) is 50.2 Å². The number of anilines is 2. The van der Waals surface area contributed by atoms with Gasteiger partial charge in [-0.15, -0.1) is 0 Å². The van der Waals surface area contributed by atoms with Crippen molar-refractivity contribution < 1.29 is 8.42 Å². The van der Waals surface area contributed by atoms with E-state index in [0.717, 1.165) is 0 Å². The van der Waals surface area contributed by atoms with Gasteiger partial charge >= 0.3 is 0 Å². The average molecular weight is 441 g/mol.